The van der Waals surface area contributed by atoms with Crippen molar-refractivity contribution in [1.29, 1.82) is 0 Å². The lowest BCUT2D eigenvalue weighted by atomic mass is 10.0. The predicted octanol–water partition coefficient (Wildman–Crippen LogP) is 1.95. The molecule has 1 fully saturated rings. The molecule has 0 aromatic heterocycles. The molecule has 0 saturated carbocycles. The number of rotatable bonds is 3. The summed E-state index contributed by atoms with van der Waals surface area (Å²) in [6.07, 6.45) is 1.47. The second kappa shape index (κ2) is 5.48. The van der Waals surface area contributed by atoms with Gasteiger partial charge in [-0.3, -0.25) is 14.5 Å². The summed E-state index contributed by atoms with van der Waals surface area (Å²) in [7, 11) is 0. The van der Waals surface area contributed by atoms with Crippen LogP contribution >= 0.6 is 12.2 Å². The first kappa shape index (κ1) is 13.7. The van der Waals surface area contributed by atoms with Gasteiger partial charge in [0.15, 0.2) is 5.11 Å². The average Bonchev–Trinajstić information content (AvgIpc) is 2.37. The number of hydrogen-bond donors (Lipinski definition) is 1. The van der Waals surface area contributed by atoms with E-state index in [1.807, 2.05) is 32.0 Å². The highest BCUT2D eigenvalue weighted by atomic mass is 32.1. The molecule has 5 heteroatoms. The van der Waals surface area contributed by atoms with E-state index in [0.717, 1.165) is 29.7 Å². The quantitative estimate of drug-likeness (QED) is 0.678. The highest BCUT2D eigenvalue weighted by Crippen LogP contribution is 2.28. The summed E-state index contributed by atoms with van der Waals surface area (Å²) in [6.45, 7) is 4.07. The highest BCUT2D eigenvalue weighted by molar-refractivity contribution is 7.80. The predicted molar refractivity (Wildman–Crippen MR) is 78.0 cm³/mol. The number of thiocarbonyl (C=S) groups is 1. The molecule has 1 saturated heterocycles. The smallest absolute Gasteiger partial charge is 0.242 e. The molecule has 100 valence electrons. The SMILES string of the molecule is CCc1cccc(CC)c1N1C(=O)CC(=O)NC1=S. The zero-order chi connectivity index (χ0) is 14.0. The molecule has 1 aromatic rings. The van der Waals surface area contributed by atoms with Crippen LogP contribution in [0.15, 0.2) is 18.2 Å². The van der Waals surface area contributed by atoms with Gasteiger partial charge in [0.1, 0.15) is 6.42 Å². The average molecular weight is 276 g/mol. The number of carbonyl (C=O) groups is 2. The van der Waals surface area contributed by atoms with Crippen molar-refractivity contribution in [3.63, 3.8) is 0 Å². The van der Waals surface area contributed by atoms with Gasteiger partial charge in [-0.2, -0.15) is 0 Å². The molecule has 0 bridgehead atoms. The summed E-state index contributed by atoms with van der Waals surface area (Å²) >= 11 is 5.15. The molecular formula is C14H16N2O2S. The summed E-state index contributed by atoms with van der Waals surface area (Å²) in [6, 6.07) is 5.96. The number of anilines is 1. The van der Waals surface area contributed by atoms with Crippen LogP contribution in [0.1, 0.15) is 31.4 Å². The van der Waals surface area contributed by atoms with Crippen molar-refractivity contribution in [3.8, 4) is 0 Å². The van der Waals surface area contributed by atoms with E-state index in [9.17, 15) is 9.59 Å². The number of benzene rings is 1. The van der Waals surface area contributed by atoms with E-state index in [-0.39, 0.29) is 23.3 Å². The number of aryl methyl sites for hydroxylation is 2. The maximum Gasteiger partial charge on any atom is 0.242 e. The lowest BCUT2D eigenvalue weighted by Crippen LogP contribution is -2.53. The molecule has 2 amide bonds. The Morgan fingerprint density at radius 2 is 1.79 bits per heavy atom. The van der Waals surface area contributed by atoms with Gasteiger partial charge in [-0.1, -0.05) is 32.0 Å². The molecular weight excluding hydrogens is 260 g/mol. The molecule has 0 radical (unpaired) electrons. The fourth-order valence-corrected chi connectivity index (χ4v) is 2.58. The Kier molecular flexibility index (Phi) is 3.95. The van der Waals surface area contributed by atoms with Gasteiger partial charge >= 0.3 is 0 Å². The van der Waals surface area contributed by atoms with Crippen LogP contribution < -0.4 is 10.2 Å². The standard InChI is InChI=1S/C14H16N2O2S/c1-3-9-6-5-7-10(4-2)13(9)16-12(18)8-11(17)15-14(16)19/h5-7H,3-4,8H2,1-2H3,(H,15,17,19). The van der Waals surface area contributed by atoms with Gasteiger partial charge in [-0.05, 0) is 36.2 Å². The number of amides is 2. The Balaban J connectivity index is 2.54. The van der Waals surface area contributed by atoms with Gasteiger partial charge in [0.25, 0.3) is 0 Å². The maximum atomic E-state index is 12.1. The third-order valence-corrected chi connectivity index (χ3v) is 3.48. The maximum absolute atomic E-state index is 12.1. The Morgan fingerprint density at radius 1 is 1.21 bits per heavy atom. The van der Waals surface area contributed by atoms with E-state index in [1.54, 1.807) is 0 Å². The molecule has 1 aliphatic heterocycles. The summed E-state index contributed by atoms with van der Waals surface area (Å²) in [5.74, 6) is -0.595. The first-order valence-electron chi connectivity index (χ1n) is 6.36. The van der Waals surface area contributed by atoms with Crippen molar-refractivity contribution in [1.82, 2.24) is 5.32 Å². The molecule has 0 aliphatic carbocycles. The molecule has 1 N–H and O–H groups in total. The molecule has 4 nitrogen and oxygen atoms in total. The zero-order valence-corrected chi connectivity index (χ0v) is 11.8. The summed E-state index contributed by atoms with van der Waals surface area (Å²) < 4.78 is 0. The van der Waals surface area contributed by atoms with E-state index < -0.39 is 0 Å². The van der Waals surface area contributed by atoms with Crippen LogP contribution in [-0.2, 0) is 22.4 Å². The van der Waals surface area contributed by atoms with Crippen molar-refractivity contribution >= 4 is 34.8 Å². The molecule has 1 aromatic carbocycles. The fraction of sp³-hybridized carbons (Fsp3) is 0.357. The second-order valence-electron chi connectivity index (χ2n) is 4.39. The van der Waals surface area contributed by atoms with Crippen LogP contribution in [0, 0.1) is 0 Å². The van der Waals surface area contributed by atoms with Gasteiger partial charge in [0, 0.05) is 0 Å². The Bertz CT molecular complexity index is 512. The third kappa shape index (κ3) is 2.51. The molecule has 19 heavy (non-hydrogen) atoms. The van der Waals surface area contributed by atoms with Gasteiger partial charge in [-0.25, -0.2) is 0 Å². The van der Waals surface area contributed by atoms with Crippen LogP contribution in [-0.4, -0.2) is 16.9 Å². The number of hydrogen-bond acceptors (Lipinski definition) is 3. The molecule has 0 spiro atoms. The van der Waals surface area contributed by atoms with E-state index in [2.05, 4.69) is 5.32 Å². The first-order chi connectivity index (χ1) is 9.08. The molecule has 2 rings (SSSR count). The molecule has 1 aliphatic rings. The van der Waals surface area contributed by atoms with Crippen LogP contribution in [0.25, 0.3) is 0 Å². The molecule has 0 unspecified atom stereocenters. The lowest BCUT2D eigenvalue weighted by Gasteiger charge is -2.30. The van der Waals surface area contributed by atoms with Crippen molar-refractivity contribution in [3.05, 3.63) is 29.3 Å². The summed E-state index contributed by atoms with van der Waals surface area (Å²) in [5.41, 5.74) is 2.96. The Morgan fingerprint density at radius 3 is 2.26 bits per heavy atom. The molecule has 1 heterocycles. The monoisotopic (exact) mass is 276 g/mol. The normalized spacial score (nSPS) is 15.7. The van der Waals surface area contributed by atoms with E-state index in [4.69, 9.17) is 12.2 Å². The topological polar surface area (TPSA) is 49.4 Å². The number of nitrogens with one attached hydrogen (secondary N) is 1. The van der Waals surface area contributed by atoms with Crippen molar-refractivity contribution < 1.29 is 9.59 Å². The number of para-hydroxylation sites is 1. The lowest BCUT2D eigenvalue weighted by molar-refractivity contribution is -0.127. The van der Waals surface area contributed by atoms with Crippen molar-refractivity contribution in [2.75, 3.05) is 4.90 Å². The van der Waals surface area contributed by atoms with Crippen LogP contribution in [0.5, 0.6) is 0 Å². The van der Waals surface area contributed by atoms with Gasteiger partial charge in [-0.15, -0.1) is 0 Å². The Labute approximate surface area is 117 Å². The van der Waals surface area contributed by atoms with Crippen LogP contribution in [0.2, 0.25) is 0 Å². The highest BCUT2D eigenvalue weighted by Gasteiger charge is 2.31. The van der Waals surface area contributed by atoms with Gasteiger partial charge in [0.05, 0.1) is 5.69 Å². The zero-order valence-electron chi connectivity index (χ0n) is 11.0. The first-order valence-corrected chi connectivity index (χ1v) is 6.76. The van der Waals surface area contributed by atoms with E-state index in [1.165, 1.54) is 4.90 Å². The van der Waals surface area contributed by atoms with E-state index in [0.29, 0.717) is 0 Å². The fourth-order valence-electron chi connectivity index (χ4n) is 2.28. The number of carbonyl (C=O) groups excluding carboxylic acids is 2. The third-order valence-electron chi connectivity index (χ3n) is 3.20. The minimum Gasteiger partial charge on any atom is -0.302 e. The van der Waals surface area contributed by atoms with Crippen LogP contribution in [0.3, 0.4) is 0 Å². The minimum absolute atomic E-state index is 0.151. The number of nitrogens with zero attached hydrogens (tertiary/aromatic N) is 1. The summed E-state index contributed by atoms with van der Waals surface area (Å²) in [5, 5.41) is 2.74. The van der Waals surface area contributed by atoms with E-state index >= 15 is 0 Å². The van der Waals surface area contributed by atoms with Gasteiger partial charge in [0.2, 0.25) is 11.8 Å². The minimum atomic E-state index is -0.335. The largest absolute Gasteiger partial charge is 0.302 e. The Hall–Kier alpha value is -1.75. The van der Waals surface area contributed by atoms with Gasteiger partial charge < -0.3 is 5.32 Å². The summed E-state index contributed by atoms with van der Waals surface area (Å²) in [4.78, 5) is 24.9. The molecule has 0 atom stereocenters. The van der Waals surface area contributed by atoms with Crippen molar-refractivity contribution in [2.24, 2.45) is 0 Å². The van der Waals surface area contributed by atoms with Crippen molar-refractivity contribution in [2.45, 2.75) is 33.1 Å². The van der Waals surface area contributed by atoms with Crippen LogP contribution in [0.4, 0.5) is 5.69 Å². The second-order valence-corrected chi connectivity index (χ2v) is 4.78.